The van der Waals surface area contributed by atoms with Crippen molar-refractivity contribution in [2.75, 3.05) is 6.54 Å². The molecular formula is C26H19FN4O5. The van der Waals surface area contributed by atoms with Crippen molar-refractivity contribution in [2.45, 2.75) is 13.0 Å². The summed E-state index contributed by atoms with van der Waals surface area (Å²) in [5, 5.41) is 10.6. The first-order valence-corrected chi connectivity index (χ1v) is 11.0. The van der Waals surface area contributed by atoms with Crippen LogP contribution in [-0.2, 0) is 13.0 Å². The maximum Gasteiger partial charge on any atom is 0.267 e. The minimum atomic E-state index is -1.13. The molecular weight excluding hydrogens is 467 g/mol. The largest absolute Gasteiger partial charge is 0.505 e. The fourth-order valence-corrected chi connectivity index (χ4v) is 4.37. The molecule has 0 saturated carbocycles. The molecule has 3 heterocycles. The summed E-state index contributed by atoms with van der Waals surface area (Å²) in [5.41, 5.74) is 5.98. The number of pyridine rings is 2. The molecule has 2 aromatic carbocycles. The van der Waals surface area contributed by atoms with Crippen molar-refractivity contribution in [3.8, 4) is 5.75 Å². The smallest absolute Gasteiger partial charge is 0.267 e. The van der Waals surface area contributed by atoms with Crippen molar-refractivity contribution < 1.29 is 23.9 Å². The molecule has 5 rings (SSSR count). The molecule has 3 N–H and O–H groups in total. The molecule has 0 saturated heterocycles. The average Bonchev–Trinajstić information content (AvgIpc) is 3.10. The molecule has 0 fully saturated rings. The van der Waals surface area contributed by atoms with Crippen LogP contribution in [0.5, 0.6) is 5.75 Å². The van der Waals surface area contributed by atoms with Crippen LogP contribution < -0.4 is 11.3 Å². The van der Waals surface area contributed by atoms with Crippen LogP contribution in [0.3, 0.4) is 0 Å². The molecule has 2 aromatic heterocycles. The lowest BCUT2D eigenvalue weighted by Crippen LogP contribution is -2.37. The minimum absolute atomic E-state index is 0.0337. The molecule has 0 radical (unpaired) electrons. The topological polar surface area (TPSA) is 136 Å². The molecule has 180 valence electrons. The third kappa shape index (κ3) is 3.78. The number of hydrogen-bond donors (Lipinski definition) is 2. The van der Waals surface area contributed by atoms with Gasteiger partial charge in [-0.3, -0.25) is 29.1 Å². The van der Waals surface area contributed by atoms with E-state index in [1.165, 1.54) is 22.9 Å². The van der Waals surface area contributed by atoms with Gasteiger partial charge >= 0.3 is 0 Å². The third-order valence-electron chi connectivity index (χ3n) is 6.13. The fraction of sp³-hybridized carbons (Fsp3) is 0.115. The van der Waals surface area contributed by atoms with Gasteiger partial charge in [0.05, 0.1) is 16.6 Å². The fourth-order valence-electron chi connectivity index (χ4n) is 4.37. The molecule has 3 amide bonds. The Kier molecular flexibility index (Phi) is 5.56. The Morgan fingerprint density at radius 3 is 2.19 bits per heavy atom. The van der Waals surface area contributed by atoms with Crippen LogP contribution in [-0.4, -0.2) is 43.8 Å². The lowest BCUT2D eigenvalue weighted by Gasteiger charge is -2.18. The number of fused-ring (bicyclic) bond motifs is 2. The first kappa shape index (κ1) is 22.9. The normalized spacial score (nSPS) is 12.9. The first-order chi connectivity index (χ1) is 17.3. The van der Waals surface area contributed by atoms with Gasteiger partial charge in [-0.05, 0) is 47.9 Å². The van der Waals surface area contributed by atoms with Gasteiger partial charge in [0, 0.05) is 19.3 Å². The van der Waals surface area contributed by atoms with E-state index in [1.54, 1.807) is 42.5 Å². The van der Waals surface area contributed by atoms with Crippen LogP contribution in [0.15, 0.2) is 65.6 Å². The molecule has 0 atom stereocenters. The van der Waals surface area contributed by atoms with E-state index in [9.17, 15) is 28.7 Å². The number of carbonyl (C=O) groups excluding carboxylic acids is 3. The lowest BCUT2D eigenvalue weighted by atomic mass is 10.1. The van der Waals surface area contributed by atoms with Gasteiger partial charge in [0.2, 0.25) is 0 Å². The van der Waals surface area contributed by atoms with Crippen molar-refractivity contribution in [3.63, 3.8) is 0 Å². The molecule has 0 unspecified atom stereocenters. The van der Waals surface area contributed by atoms with E-state index in [0.717, 1.165) is 10.5 Å². The van der Waals surface area contributed by atoms with Gasteiger partial charge < -0.3 is 15.4 Å². The van der Waals surface area contributed by atoms with E-state index in [1.807, 2.05) is 0 Å². The molecule has 9 nitrogen and oxygen atoms in total. The summed E-state index contributed by atoms with van der Waals surface area (Å²) in [6, 6.07) is 13.9. The summed E-state index contributed by atoms with van der Waals surface area (Å²) in [6.07, 6.45) is 1.82. The second-order valence-electron chi connectivity index (χ2n) is 8.37. The Balaban J connectivity index is 1.56. The van der Waals surface area contributed by atoms with Gasteiger partial charge in [0.25, 0.3) is 23.3 Å². The molecule has 1 aliphatic heterocycles. The summed E-state index contributed by atoms with van der Waals surface area (Å²) >= 11 is 0. The van der Waals surface area contributed by atoms with Gasteiger partial charge in [-0.1, -0.05) is 24.3 Å². The quantitative estimate of drug-likeness (QED) is 0.401. The standard InChI is InChI=1S/C26H19FN4O5/c27-16-7-5-14(6-8-16)11-15-12-19-21(29-13-15)22(32)20(23(28)33)26(36)30(19)9-10-31-24(34)17-3-1-2-4-18(17)25(31)35/h1-8,12-13,32H,9-11H2,(H2,28,33). The number of benzene rings is 2. The zero-order valence-corrected chi connectivity index (χ0v) is 18.8. The first-order valence-electron chi connectivity index (χ1n) is 11.0. The maximum absolute atomic E-state index is 13.3. The molecule has 10 heteroatoms. The number of hydrogen-bond acceptors (Lipinski definition) is 6. The van der Waals surface area contributed by atoms with Crippen LogP contribution >= 0.6 is 0 Å². The minimum Gasteiger partial charge on any atom is -0.505 e. The highest BCUT2D eigenvalue weighted by Gasteiger charge is 2.35. The zero-order valence-electron chi connectivity index (χ0n) is 18.8. The van der Waals surface area contributed by atoms with Crippen LogP contribution in [0, 0.1) is 5.82 Å². The van der Waals surface area contributed by atoms with Crippen LogP contribution in [0.1, 0.15) is 42.2 Å². The van der Waals surface area contributed by atoms with Crippen molar-refractivity contribution >= 4 is 28.8 Å². The number of carbonyl (C=O) groups is 3. The van der Waals surface area contributed by atoms with Gasteiger partial charge in [0.15, 0.2) is 5.75 Å². The summed E-state index contributed by atoms with van der Waals surface area (Å²) in [4.78, 5) is 55.9. The number of halogens is 1. The second kappa shape index (κ2) is 8.73. The van der Waals surface area contributed by atoms with E-state index in [0.29, 0.717) is 12.0 Å². The predicted octanol–water partition coefficient (Wildman–Crippen LogP) is 2.23. The number of imide groups is 1. The zero-order chi connectivity index (χ0) is 25.6. The van der Waals surface area contributed by atoms with Crippen molar-refractivity contribution in [2.24, 2.45) is 5.73 Å². The van der Waals surface area contributed by atoms with Crippen LogP contribution in [0.4, 0.5) is 4.39 Å². The van der Waals surface area contributed by atoms with Gasteiger partial charge in [-0.15, -0.1) is 0 Å². The number of aromatic hydroxyl groups is 1. The van der Waals surface area contributed by atoms with E-state index in [4.69, 9.17) is 5.73 Å². The van der Waals surface area contributed by atoms with E-state index < -0.39 is 34.6 Å². The van der Waals surface area contributed by atoms with E-state index in [2.05, 4.69) is 4.98 Å². The molecule has 4 aromatic rings. The van der Waals surface area contributed by atoms with Crippen LogP contribution in [0.25, 0.3) is 11.0 Å². The number of nitrogens with two attached hydrogens (primary N) is 1. The van der Waals surface area contributed by atoms with Crippen molar-refractivity contribution in [3.05, 3.63) is 105 Å². The number of aromatic nitrogens is 2. The van der Waals surface area contributed by atoms with Gasteiger partial charge in [-0.2, -0.15) is 0 Å². The lowest BCUT2D eigenvalue weighted by molar-refractivity contribution is 0.0648. The molecule has 0 bridgehead atoms. The monoisotopic (exact) mass is 486 g/mol. The Bertz CT molecular complexity index is 1590. The highest BCUT2D eigenvalue weighted by Crippen LogP contribution is 2.27. The Labute approximate surface area is 203 Å². The number of primary amides is 1. The van der Waals surface area contributed by atoms with Crippen LogP contribution in [0.2, 0.25) is 0 Å². The number of amides is 3. The Morgan fingerprint density at radius 1 is 0.944 bits per heavy atom. The van der Waals surface area contributed by atoms with E-state index in [-0.39, 0.29) is 41.1 Å². The Hall–Kier alpha value is -4.86. The van der Waals surface area contributed by atoms with Gasteiger partial charge in [0.1, 0.15) is 16.9 Å². The van der Waals surface area contributed by atoms with Crippen molar-refractivity contribution in [1.82, 2.24) is 14.5 Å². The SMILES string of the molecule is NC(=O)c1c(O)c2ncc(Cc3ccc(F)cc3)cc2n(CCN2C(=O)c3ccccc3C2=O)c1=O. The summed E-state index contributed by atoms with van der Waals surface area (Å²) in [6.45, 7) is -0.324. The molecule has 0 aliphatic carbocycles. The number of nitrogens with zero attached hydrogens (tertiary/aromatic N) is 3. The predicted molar refractivity (Wildman–Crippen MR) is 127 cm³/mol. The number of rotatable bonds is 6. The second-order valence-corrected chi connectivity index (χ2v) is 8.37. The average molecular weight is 486 g/mol. The maximum atomic E-state index is 13.3. The molecule has 36 heavy (non-hydrogen) atoms. The summed E-state index contributed by atoms with van der Waals surface area (Å²) < 4.78 is 14.4. The third-order valence-corrected chi connectivity index (χ3v) is 6.13. The van der Waals surface area contributed by atoms with Crippen molar-refractivity contribution in [1.29, 1.82) is 0 Å². The molecule has 0 spiro atoms. The molecule has 1 aliphatic rings. The van der Waals surface area contributed by atoms with Gasteiger partial charge in [-0.25, -0.2) is 4.39 Å². The summed E-state index contributed by atoms with van der Waals surface area (Å²) in [5.74, 6) is -3.13. The highest BCUT2D eigenvalue weighted by molar-refractivity contribution is 6.21. The Morgan fingerprint density at radius 2 is 1.58 bits per heavy atom. The highest BCUT2D eigenvalue weighted by atomic mass is 19.1. The van der Waals surface area contributed by atoms with E-state index >= 15 is 0 Å². The summed E-state index contributed by atoms with van der Waals surface area (Å²) in [7, 11) is 0.